The first kappa shape index (κ1) is 23.5. The van der Waals surface area contributed by atoms with Crippen LogP contribution in [-0.2, 0) is 22.9 Å². The lowest BCUT2D eigenvalue weighted by Gasteiger charge is -2.10. The minimum atomic E-state index is -3.82. The maximum Gasteiger partial charge on any atom is 0.261 e. The van der Waals surface area contributed by atoms with Crippen molar-refractivity contribution < 1.29 is 17.7 Å². The van der Waals surface area contributed by atoms with Crippen LogP contribution in [0.2, 0.25) is 0 Å². The van der Waals surface area contributed by atoms with Crippen LogP contribution in [0.25, 0.3) is 0 Å². The van der Waals surface area contributed by atoms with Crippen molar-refractivity contribution in [2.45, 2.75) is 50.8 Å². The SMILES string of the molecule is CCCCc1ccc(NS(=O)(=O)c2cccc(C(=O)NCCCc3nc(C)no3)c2)cc1. The van der Waals surface area contributed by atoms with E-state index in [1.165, 1.54) is 17.7 Å². The van der Waals surface area contributed by atoms with Gasteiger partial charge in [0, 0.05) is 24.2 Å². The first-order chi connectivity index (χ1) is 15.4. The number of sulfonamides is 1. The Morgan fingerprint density at radius 3 is 2.53 bits per heavy atom. The van der Waals surface area contributed by atoms with Crippen molar-refractivity contribution in [2.75, 3.05) is 11.3 Å². The van der Waals surface area contributed by atoms with E-state index in [-0.39, 0.29) is 16.4 Å². The third kappa shape index (κ3) is 6.65. The van der Waals surface area contributed by atoms with Gasteiger partial charge in [0.15, 0.2) is 5.82 Å². The van der Waals surface area contributed by atoms with E-state index in [2.05, 4.69) is 27.1 Å². The van der Waals surface area contributed by atoms with E-state index in [1.54, 1.807) is 31.2 Å². The Kier molecular flexibility index (Phi) is 7.99. The van der Waals surface area contributed by atoms with Crippen molar-refractivity contribution in [1.29, 1.82) is 0 Å². The van der Waals surface area contributed by atoms with Crippen molar-refractivity contribution in [3.8, 4) is 0 Å². The number of nitrogens with one attached hydrogen (secondary N) is 2. The zero-order valence-corrected chi connectivity index (χ0v) is 19.1. The van der Waals surface area contributed by atoms with Gasteiger partial charge in [-0.1, -0.05) is 36.7 Å². The van der Waals surface area contributed by atoms with E-state index >= 15 is 0 Å². The summed E-state index contributed by atoms with van der Waals surface area (Å²) >= 11 is 0. The molecule has 1 amide bonds. The second-order valence-electron chi connectivity index (χ2n) is 7.53. The monoisotopic (exact) mass is 456 g/mol. The number of carbonyl (C=O) groups is 1. The second-order valence-corrected chi connectivity index (χ2v) is 9.21. The lowest BCUT2D eigenvalue weighted by Crippen LogP contribution is -2.25. The molecule has 2 N–H and O–H groups in total. The van der Waals surface area contributed by atoms with Crippen LogP contribution >= 0.6 is 0 Å². The van der Waals surface area contributed by atoms with E-state index in [4.69, 9.17) is 4.52 Å². The number of benzene rings is 2. The number of aromatic nitrogens is 2. The number of rotatable bonds is 11. The predicted octanol–water partition coefficient (Wildman–Crippen LogP) is 3.88. The van der Waals surface area contributed by atoms with E-state index in [1.807, 2.05) is 12.1 Å². The average molecular weight is 457 g/mol. The minimum absolute atomic E-state index is 0.0292. The molecule has 3 aromatic rings. The van der Waals surface area contributed by atoms with Gasteiger partial charge in [0.2, 0.25) is 5.89 Å². The molecule has 1 aromatic heterocycles. The Hall–Kier alpha value is -3.20. The number of aryl methyl sites for hydroxylation is 3. The molecule has 0 aliphatic carbocycles. The lowest BCUT2D eigenvalue weighted by atomic mass is 10.1. The van der Waals surface area contributed by atoms with Crippen LogP contribution in [-0.4, -0.2) is 31.0 Å². The molecular weight excluding hydrogens is 428 g/mol. The standard InChI is InChI=1S/C23H28N4O4S/c1-3-4-7-18-11-13-20(14-12-18)27-32(29,30)21-9-5-8-19(16-21)23(28)24-15-6-10-22-25-17(2)26-31-22/h5,8-9,11-14,16,27H,3-4,6-7,10,15H2,1-2H3,(H,24,28). The van der Waals surface area contributed by atoms with Crippen LogP contribution in [0.1, 0.15) is 53.8 Å². The van der Waals surface area contributed by atoms with Gasteiger partial charge in [-0.15, -0.1) is 0 Å². The van der Waals surface area contributed by atoms with E-state index in [0.717, 1.165) is 19.3 Å². The molecule has 0 atom stereocenters. The Balaban J connectivity index is 1.57. The molecule has 3 rings (SSSR count). The van der Waals surface area contributed by atoms with Crippen molar-refractivity contribution in [1.82, 2.24) is 15.5 Å². The van der Waals surface area contributed by atoms with Crippen molar-refractivity contribution >= 4 is 21.6 Å². The molecule has 1 heterocycles. The lowest BCUT2D eigenvalue weighted by molar-refractivity contribution is 0.0952. The molecule has 0 fully saturated rings. The summed E-state index contributed by atoms with van der Waals surface area (Å²) in [6.45, 7) is 4.28. The summed E-state index contributed by atoms with van der Waals surface area (Å²) in [5, 5.41) is 6.50. The topological polar surface area (TPSA) is 114 Å². The average Bonchev–Trinajstić information content (AvgIpc) is 3.21. The maximum atomic E-state index is 12.8. The smallest absolute Gasteiger partial charge is 0.261 e. The molecule has 0 aliphatic rings. The quantitative estimate of drug-likeness (QED) is 0.423. The molecule has 0 saturated carbocycles. The van der Waals surface area contributed by atoms with Gasteiger partial charge >= 0.3 is 0 Å². The molecule has 32 heavy (non-hydrogen) atoms. The number of hydrogen-bond acceptors (Lipinski definition) is 6. The molecule has 8 nitrogen and oxygen atoms in total. The maximum absolute atomic E-state index is 12.8. The number of carbonyl (C=O) groups excluding carboxylic acids is 1. The molecule has 0 bridgehead atoms. The van der Waals surface area contributed by atoms with Crippen LogP contribution in [0.4, 0.5) is 5.69 Å². The van der Waals surface area contributed by atoms with Crippen molar-refractivity contribution in [3.05, 3.63) is 71.4 Å². The minimum Gasteiger partial charge on any atom is -0.352 e. The number of hydrogen-bond donors (Lipinski definition) is 2. The van der Waals surface area contributed by atoms with Crippen LogP contribution in [0.5, 0.6) is 0 Å². The highest BCUT2D eigenvalue weighted by Crippen LogP contribution is 2.18. The number of amides is 1. The van der Waals surface area contributed by atoms with Gasteiger partial charge in [-0.2, -0.15) is 4.98 Å². The summed E-state index contributed by atoms with van der Waals surface area (Å²) in [5.74, 6) is 0.751. The van der Waals surface area contributed by atoms with Crippen LogP contribution < -0.4 is 10.0 Å². The Morgan fingerprint density at radius 2 is 1.84 bits per heavy atom. The molecule has 0 radical (unpaired) electrons. The molecule has 0 spiro atoms. The van der Waals surface area contributed by atoms with Crippen LogP contribution in [0, 0.1) is 6.92 Å². The predicted molar refractivity (Wildman–Crippen MR) is 122 cm³/mol. The van der Waals surface area contributed by atoms with Crippen LogP contribution in [0.3, 0.4) is 0 Å². The number of unbranched alkanes of at least 4 members (excludes halogenated alkanes) is 1. The van der Waals surface area contributed by atoms with Gasteiger partial charge < -0.3 is 9.84 Å². The van der Waals surface area contributed by atoms with E-state index in [0.29, 0.717) is 36.8 Å². The summed E-state index contributed by atoms with van der Waals surface area (Å²) in [4.78, 5) is 16.6. The fraction of sp³-hybridized carbons (Fsp3) is 0.348. The molecule has 2 aromatic carbocycles. The zero-order chi connectivity index (χ0) is 23.0. The second kappa shape index (κ2) is 10.9. The van der Waals surface area contributed by atoms with E-state index < -0.39 is 10.0 Å². The Labute approximate surface area is 188 Å². The van der Waals surface area contributed by atoms with Crippen LogP contribution in [0.15, 0.2) is 57.9 Å². The Bertz CT molecular complexity index is 1140. The molecule has 0 unspecified atom stereocenters. The van der Waals surface area contributed by atoms with Gasteiger partial charge in [0.25, 0.3) is 15.9 Å². The van der Waals surface area contributed by atoms with Gasteiger partial charge in [-0.05, 0) is 62.1 Å². The number of anilines is 1. The van der Waals surface area contributed by atoms with Gasteiger partial charge in [0.05, 0.1) is 4.90 Å². The number of nitrogens with zero attached hydrogens (tertiary/aromatic N) is 2. The zero-order valence-electron chi connectivity index (χ0n) is 18.3. The van der Waals surface area contributed by atoms with Crippen molar-refractivity contribution in [3.63, 3.8) is 0 Å². The summed E-state index contributed by atoms with van der Waals surface area (Å²) in [5.41, 5.74) is 1.93. The molecule has 0 aliphatic heterocycles. The molecule has 9 heteroatoms. The van der Waals surface area contributed by atoms with Gasteiger partial charge in [-0.3, -0.25) is 9.52 Å². The third-order valence-corrected chi connectivity index (χ3v) is 6.23. The molecule has 170 valence electrons. The fourth-order valence-electron chi connectivity index (χ4n) is 3.12. The summed E-state index contributed by atoms with van der Waals surface area (Å²) in [6.07, 6.45) is 4.35. The summed E-state index contributed by atoms with van der Waals surface area (Å²) < 4.78 is 33.2. The molecular formula is C23H28N4O4S. The first-order valence-corrected chi connectivity index (χ1v) is 12.1. The van der Waals surface area contributed by atoms with Gasteiger partial charge in [0.1, 0.15) is 0 Å². The van der Waals surface area contributed by atoms with E-state index in [9.17, 15) is 13.2 Å². The Morgan fingerprint density at radius 1 is 1.06 bits per heavy atom. The highest BCUT2D eigenvalue weighted by atomic mass is 32.2. The largest absolute Gasteiger partial charge is 0.352 e. The van der Waals surface area contributed by atoms with Crippen molar-refractivity contribution in [2.24, 2.45) is 0 Å². The summed E-state index contributed by atoms with van der Waals surface area (Å²) in [6, 6.07) is 13.3. The normalized spacial score (nSPS) is 11.3. The summed E-state index contributed by atoms with van der Waals surface area (Å²) in [7, 11) is -3.82. The third-order valence-electron chi connectivity index (χ3n) is 4.85. The molecule has 0 saturated heterocycles. The highest BCUT2D eigenvalue weighted by Gasteiger charge is 2.16. The fourth-order valence-corrected chi connectivity index (χ4v) is 4.23. The first-order valence-electron chi connectivity index (χ1n) is 10.7. The van der Waals surface area contributed by atoms with Gasteiger partial charge in [-0.25, -0.2) is 8.42 Å². The highest BCUT2D eigenvalue weighted by molar-refractivity contribution is 7.92.